The monoisotopic (exact) mass is 613 g/mol. The highest BCUT2D eigenvalue weighted by molar-refractivity contribution is 7.52. The smallest absolute Gasteiger partial charge is 0.353 e. The van der Waals surface area contributed by atoms with Crippen LogP contribution in [0.5, 0.6) is 0 Å². The first-order valence-electron chi connectivity index (χ1n) is 15.2. The second kappa shape index (κ2) is 17.5. The lowest BCUT2D eigenvalue weighted by Gasteiger charge is -2.18. The number of nitrogens with two attached hydrogens (primary N) is 1. The third kappa shape index (κ3) is 12.8. The molecule has 43 heavy (non-hydrogen) atoms. The van der Waals surface area contributed by atoms with Gasteiger partial charge in [0.2, 0.25) is 0 Å². The molecule has 2 aromatic heterocycles. The van der Waals surface area contributed by atoms with Crippen molar-refractivity contribution in [3.05, 3.63) is 48.0 Å². The summed E-state index contributed by atoms with van der Waals surface area (Å²) in [7, 11) is -3.86. The molecule has 3 aromatic rings. The van der Waals surface area contributed by atoms with Crippen molar-refractivity contribution in [3.63, 3.8) is 0 Å². The lowest BCUT2D eigenvalue weighted by molar-refractivity contribution is 0.0688. The molecule has 1 unspecified atom stereocenters. The van der Waals surface area contributed by atoms with Crippen LogP contribution in [0, 0.1) is 11.8 Å². The lowest BCUT2D eigenvalue weighted by Crippen LogP contribution is -2.17. The molecule has 3 rings (SSSR count). The van der Waals surface area contributed by atoms with Gasteiger partial charge in [-0.3, -0.25) is 4.57 Å². The van der Waals surface area contributed by atoms with Gasteiger partial charge in [0.05, 0.1) is 25.6 Å². The van der Waals surface area contributed by atoms with Gasteiger partial charge in [0.15, 0.2) is 11.5 Å². The Bertz CT molecular complexity index is 1360. The van der Waals surface area contributed by atoms with E-state index in [1.54, 1.807) is 17.8 Å². The summed E-state index contributed by atoms with van der Waals surface area (Å²) in [6.07, 6.45) is 10.6. The van der Waals surface area contributed by atoms with Crippen molar-refractivity contribution in [1.82, 2.24) is 19.5 Å². The number of benzene rings is 1. The maximum atomic E-state index is 12.3. The van der Waals surface area contributed by atoms with Crippen molar-refractivity contribution in [2.24, 2.45) is 0 Å². The molecule has 3 N–H and O–H groups in total. The molecule has 0 spiro atoms. The van der Waals surface area contributed by atoms with Gasteiger partial charge in [-0.15, -0.1) is 0 Å². The summed E-state index contributed by atoms with van der Waals surface area (Å²) in [5.41, 5.74) is 9.50. The molecular weight excluding hydrogens is 565 g/mol. The zero-order valence-electron chi connectivity index (χ0n) is 26.1. The molecule has 0 radical (unpaired) electrons. The molecule has 0 aliphatic heterocycles. The van der Waals surface area contributed by atoms with E-state index in [-0.39, 0.29) is 18.1 Å². The van der Waals surface area contributed by atoms with E-state index < -0.39 is 13.9 Å². The van der Waals surface area contributed by atoms with Crippen molar-refractivity contribution in [2.45, 2.75) is 97.1 Å². The SMILES string of the molecule is C[C@H](Cn1cnc2c(N)ncnc21)OCP(=O)(O)OCCCOCCCCCCCCC#Cc1ccc(C(C)(C)C)cc1. The highest BCUT2D eigenvalue weighted by Gasteiger charge is 2.21. The largest absolute Gasteiger partial charge is 0.382 e. The molecule has 0 saturated heterocycles. The highest BCUT2D eigenvalue weighted by atomic mass is 31.2. The first kappa shape index (κ1) is 34.7. The van der Waals surface area contributed by atoms with E-state index in [4.69, 9.17) is 19.7 Å². The van der Waals surface area contributed by atoms with Crippen LogP contribution in [0.4, 0.5) is 5.82 Å². The van der Waals surface area contributed by atoms with Gasteiger partial charge in [0.1, 0.15) is 18.2 Å². The van der Waals surface area contributed by atoms with Crippen LogP contribution in [0.15, 0.2) is 36.9 Å². The molecule has 10 nitrogen and oxygen atoms in total. The second-order valence-electron chi connectivity index (χ2n) is 11.9. The number of ether oxygens (including phenoxy) is 2. The number of rotatable bonds is 18. The minimum absolute atomic E-state index is 0.138. The van der Waals surface area contributed by atoms with Crippen LogP contribution in [0.25, 0.3) is 11.2 Å². The fourth-order valence-corrected chi connectivity index (χ4v) is 5.37. The van der Waals surface area contributed by atoms with E-state index in [1.165, 1.54) is 31.2 Å². The van der Waals surface area contributed by atoms with Crippen molar-refractivity contribution in [3.8, 4) is 11.8 Å². The molecule has 11 heteroatoms. The van der Waals surface area contributed by atoms with Crippen molar-refractivity contribution in [2.75, 3.05) is 31.9 Å². The van der Waals surface area contributed by atoms with Crippen molar-refractivity contribution < 1.29 is 23.5 Å². The summed E-state index contributed by atoms with van der Waals surface area (Å²) >= 11 is 0. The van der Waals surface area contributed by atoms with E-state index >= 15 is 0 Å². The Morgan fingerprint density at radius 1 is 0.977 bits per heavy atom. The summed E-state index contributed by atoms with van der Waals surface area (Å²) in [5.74, 6) is 6.88. The summed E-state index contributed by atoms with van der Waals surface area (Å²) in [6.45, 7) is 10.2. The van der Waals surface area contributed by atoms with Crippen LogP contribution >= 0.6 is 7.60 Å². The molecular formula is C32H48N5O5P. The predicted molar refractivity (Wildman–Crippen MR) is 171 cm³/mol. The summed E-state index contributed by atoms with van der Waals surface area (Å²) in [6, 6.07) is 8.58. The maximum Gasteiger partial charge on any atom is 0.353 e. The normalized spacial score (nSPS) is 13.9. The van der Waals surface area contributed by atoms with E-state index in [0.29, 0.717) is 43.2 Å². The number of nitrogens with zero attached hydrogens (tertiary/aromatic N) is 4. The van der Waals surface area contributed by atoms with E-state index in [9.17, 15) is 9.46 Å². The quantitative estimate of drug-likeness (QED) is 0.0941. The van der Waals surface area contributed by atoms with E-state index in [1.807, 2.05) is 0 Å². The van der Waals surface area contributed by atoms with E-state index in [2.05, 4.69) is 71.8 Å². The van der Waals surface area contributed by atoms with Gasteiger partial charge >= 0.3 is 7.60 Å². The molecule has 0 saturated carbocycles. The topological polar surface area (TPSA) is 135 Å². The number of hydrogen-bond donors (Lipinski definition) is 2. The van der Waals surface area contributed by atoms with Gasteiger partial charge in [-0.25, -0.2) is 15.0 Å². The number of anilines is 1. The van der Waals surface area contributed by atoms with Crippen LogP contribution in [0.3, 0.4) is 0 Å². The molecule has 236 valence electrons. The fraction of sp³-hybridized carbons (Fsp3) is 0.594. The molecule has 2 atom stereocenters. The Labute approximate surface area is 256 Å². The zero-order valence-corrected chi connectivity index (χ0v) is 27.0. The number of nitrogen functional groups attached to an aromatic ring is 1. The van der Waals surface area contributed by atoms with Gasteiger partial charge in [0, 0.05) is 25.2 Å². The summed E-state index contributed by atoms with van der Waals surface area (Å²) < 4.78 is 30.5. The Morgan fingerprint density at radius 2 is 1.67 bits per heavy atom. The van der Waals surface area contributed by atoms with Crippen LogP contribution in [-0.4, -0.2) is 56.7 Å². The van der Waals surface area contributed by atoms with Gasteiger partial charge in [-0.1, -0.05) is 70.4 Å². The second-order valence-corrected chi connectivity index (χ2v) is 13.7. The van der Waals surface area contributed by atoms with E-state index in [0.717, 1.165) is 31.2 Å². The molecule has 0 aliphatic carbocycles. The zero-order chi connectivity index (χ0) is 31.1. The van der Waals surface area contributed by atoms with Crippen LogP contribution < -0.4 is 5.73 Å². The Kier molecular flexibility index (Phi) is 14.1. The molecule has 0 fully saturated rings. The van der Waals surface area contributed by atoms with Crippen LogP contribution in [0.1, 0.15) is 90.2 Å². The molecule has 0 amide bonds. The van der Waals surface area contributed by atoms with Crippen LogP contribution in [0.2, 0.25) is 0 Å². The first-order valence-corrected chi connectivity index (χ1v) is 17.0. The van der Waals surface area contributed by atoms with Crippen LogP contribution in [-0.2, 0) is 30.5 Å². The van der Waals surface area contributed by atoms with Gasteiger partial charge in [-0.2, -0.15) is 0 Å². The van der Waals surface area contributed by atoms with Crippen molar-refractivity contribution in [1.29, 1.82) is 0 Å². The fourth-order valence-electron chi connectivity index (χ4n) is 4.43. The number of unbranched alkanes of at least 4 members (excludes halogenated alkanes) is 6. The average Bonchev–Trinajstić information content (AvgIpc) is 3.37. The van der Waals surface area contributed by atoms with Gasteiger partial charge in [-0.05, 0) is 49.3 Å². The number of imidazole rings is 1. The third-order valence-electron chi connectivity index (χ3n) is 6.96. The molecule has 0 bridgehead atoms. The van der Waals surface area contributed by atoms with Gasteiger partial charge < -0.3 is 29.2 Å². The predicted octanol–water partition coefficient (Wildman–Crippen LogP) is 6.46. The Morgan fingerprint density at radius 3 is 2.42 bits per heavy atom. The standard InChI is InChI=1S/C32H48N5O5P/c1-26(22-37-24-36-29-30(33)34-23-35-31(29)37)41-25-43(38,39)42-21-13-20-40-19-12-10-8-6-5-7-9-11-14-27-15-17-28(18-16-27)32(2,3)4/h15-18,23-24,26H,5-10,12-13,19-22,25H2,1-4H3,(H,38,39)(H2,33,34,35)/t26-/m1/s1. The van der Waals surface area contributed by atoms with Crippen molar-refractivity contribution >= 4 is 24.6 Å². The highest BCUT2D eigenvalue weighted by Crippen LogP contribution is 2.42. The third-order valence-corrected chi connectivity index (χ3v) is 8.02. The molecule has 0 aliphatic rings. The number of fused-ring (bicyclic) bond motifs is 1. The molecule has 1 aromatic carbocycles. The minimum Gasteiger partial charge on any atom is -0.382 e. The maximum absolute atomic E-state index is 12.3. The Balaban J connectivity index is 1.13. The Hall–Kier alpha value is -2.80. The average molecular weight is 614 g/mol. The first-order chi connectivity index (χ1) is 20.5. The summed E-state index contributed by atoms with van der Waals surface area (Å²) in [4.78, 5) is 22.4. The molecule has 2 heterocycles. The number of aromatic nitrogens is 4. The minimum atomic E-state index is -3.86. The van der Waals surface area contributed by atoms with Gasteiger partial charge in [0.25, 0.3) is 0 Å². The lowest BCUT2D eigenvalue weighted by atomic mass is 9.87. The number of hydrogen-bond acceptors (Lipinski definition) is 8. The summed E-state index contributed by atoms with van der Waals surface area (Å²) in [5, 5.41) is 0.